The number of hydrogen-bond donors (Lipinski definition) is 1. The lowest BCUT2D eigenvalue weighted by Crippen LogP contribution is -2.14. The Bertz CT molecular complexity index is 310. The first kappa shape index (κ1) is 10.2. The molecule has 3 heteroatoms. The monoisotopic (exact) mass is 241 g/mol. The van der Waals surface area contributed by atoms with Crippen LogP contribution < -0.4 is 5.32 Å². The molecule has 0 spiro atoms. The van der Waals surface area contributed by atoms with Gasteiger partial charge in [0.05, 0.1) is 6.54 Å². The second-order valence-corrected chi connectivity index (χ2v) is 3.36. The van der Waals surface area contributed by atoms with E-state index in [2.05, 4.69) is 27.2 Å². The molecule has 1 N–H and O–H groups in total. The molecule has 0 saturated carbocycles. The minimum Gasteiger partial charge on any atom is -0.302 e. The van der Waals surface area contributed by atoms with Gasteiger partial charge >= 0.3 is 0 Å². The lowest BCUT2D eigenvalue weighted by Gasteiger charge is -2.05. The Morgan fingerprint density at radius 3 is 2.92 bits per heavy atom. The summed E-state index contributed by atoms with van der Waals surface area (Å²) in [5, 5.41) is 2.93. The van der Waals surface area contributed by atoms with Crippen LogP contribution in [0.2, 0.25) is 0 Å². The highest BCUT2D eigenvalue weighted by molar-refractivity contribution is 9.10. The molecule has 1 aromatic carbocycles. The summed E-state index contributed by atoms with van der Waals surface area (Å²) in [6.07, 6.45) is 5.05. The first-order valence-corrected chi connectivity index (χ1v) is 4.62. The molecule has 0 heterocycles. The molecular weight excluding hydrogens is 233 g/mol. The maximum absolute atomic E-state index is 13.2. The van der Waals surface area contributed by atoms with Crippen molar-refractivity contribution in [3.8, 4) is 12.3 Å². The van der Waals surface area contributed by atoms with Crippen molar-refractivity contribution in [1.82, 2.24) is 5.32 Å². The predicted octanol–water partition coefficient (Wildman–Crippen LogP) is 2.31. The van der Waals surface area contributed by atoms with Crippen LogP contribution in [-0.2, 0) is 6.54 Å². The van der Waals surface area contributed by atoms with Gasteiger partial charge in [-0.1, -0.05) is 27.9 Å². The molecule has 0 fully saturated rings. The summed E-state index contributed by atoms with van der Waals surface area (Å²) in [6, 6.07) is 4.89. The second kappa shape index (κ2) is 5.00. The molecule has 0 unspecified atom stereocenters. The molecule has 0 saturated heterocycles. The van der Waals surface area contributed by atoms with E-state index in [0.29, 0.717) is 18.7 Å². The van der Waals surface area contributed by atoms with Crippen molar-refractivity contribution >= 4 is 15.9 Å². The van der Waals surface area contributed by atoms with E-state index >= 15 is 0 Å². The van der Waals surface area contributed by atoms with Crippen molar-refractivity contribution in [2.24, 2.45) is 0 Å². The Morgan fingerprint density at radius 2 is 2.31 bits per heavy atom. The van der Waals surface area contributed by atoms with Crippen molar-refractivity contribution in [3.63, 3.8) is 0 Å². The van der Waals surface area contributed by atoms with Gasteiger partial charge in [-0.3, -0.25) is 0 Å². The second-order valence-electron chi connectivity index (χ2n) is 2.51. The van der Waals surface area contributed by atoms with Crippen LogP contribution in [0, 0.1) is 18.2 Å². The summed E-state index contributed by atoms with van der Waals surface area (Å²) in [5.74, 6) is 2.20. The van der Waals surface area contributed by atoms with Gasteiger partial charge in [0.15, 0.2) is 0 Å². The zero-order valence-electron chi connectivity index (χ0n) is 6.98. The summed E-state index contributed by atoms with van der Waals surface area (Å²) in [7, 11) is 0. The van der Waals surface area contributed by atoms with E-state index in [1.54, 1.807) is 12.1 Å². The minimum atomic E-state index is -0.223. The third-order valence-electron chi connectivity index (χ3n) is 1.59. The van der Waals surface area contributed by atoms with Crippen LogP contribution in [-0.4, -0.2) is 6.54 Å². The number of nitrogens with one attached hydrogen (secondary N) is 1. The molecule has 0 aliphatic carbocycles. The van der Waals surface area contributed by atoms with E-state index in [-0.39, 0.29) is 5.82 Å². The highest BCUT2D eigenvalue weighted by Gasteiger charge is 2.04. The van der Waals surface area contributed by atoms with Gasteiger partial charge in [-0.15, -0.1) is 6.42 Å². The number of halogens is 2. The van der Waals surface area contributed by atoms with E-state index in [4.69, 9.17) is 6.42 Å². The van der Waals surface area contributed by atoms with E-state index in [0.717, 1.165) is 4.47 Å². The molecule has 1 aromatic rings. The molecule has 0 aliphatic heterocycles. The smallest absolute Gasteiger partial charge is 0.128 e. The van der Waals surface area contributed by atoms with E-state index in [9.17, 15) is 4.39 Å². The SMILES string of the molecule is C#CCNCc1c(F)cccc1Br. The van der Waals surface area contributed by atoms with Crippen LogP contribution >= 0.6 is 15.9 Å². The fraction of sp³-hybridized carbons (Fsp3) is 0.200. The first-order valence-electron chi connectivity index (χ1n) is 3.82. The van der Waals surface area contributed by atoms with Gasteiger partial charge in [0.2, 0.25) is 0 Å². The lowest BCUT2D eigenvalue weighted by atomic mass is 10.2. The van der Waals surface area contributed by atoms with Gasteiger partial charge in [0.25, 0.3) is 0 Å². The molecule has 0 atom stereocenters. The average Bonchev–Trinajstić information content (AvgIpc) is 2.10. The molecule has 13 heavy (non-hydrogen) atoms. The highest BCUT2D eigenvalue weighted by atomic mass is 79.9. The lowest BCUT2D eigenvalue weighted by molar-refractivity contribution is 0.595. The third kappa shape index (κ3) is 2.83. The summed E-state index contributed by atoms with van der Waals surface area (Å²) in [5.41, 5.74) is 0.609. The van der Waals surface area contributed by atoms with Crippen LogP contribution in [0.25, 0.3) is 0 Å². The fourth-order valence-corrected chi connectivity index (χ4v) is 1.44. The molecule has 68 valence electrons. The van der Waals surface area contributed by atoms with Crippen LogP contribution in [0.1, 0.15) is 5.56 Å². The normalized spacial score (nSPS) is 9.62. The predicted molar refractivity (Wildman–Crippen MR) is 54.6 cm³/mol. The maximum Gasteiger partial charge on any atom is 0.128 e. The van der Waals surface area contributed by atoms with E-state index in [1.807, 2.05) is 0 Å². The molecule has 1 rings (SSSR count). The van der Waals surface area contributed by atoms with Crippen molar-refractivity contribution in [2.45, 2.75) is 6.54 Å². The first-order chi connectivity index (χ1) is 6.25. The zero-order chi connectivity index (χ0) is 9.68. The molecule has 0 aromatic heterocycles. The Morgan fingerprint density at radius 1 is 1.54 bits per heavy atom. The zero-order valence-corrected chi connectivity index (χ0v) is 8.57. The number of hydrogen-bond acceptors (Lipinski definition) is 1. The van der Waals surface area contributed by atoms with Crippen LogP contribution in [0.4, 0.5) is 4.39 Å². The van der Waals surface area contributed by atoms with Gasteiger partial charge in [-0.2, -0.15) is 0 Å². The van der Waals surface area contributed by atoms with Crippen molar-refractivity contribution in [2.75, 3.05) is 6.54 Å². The number of benzene rings is 1. The summed E-state index contributed by atoms with van der Waals surface area (Å²) >= 11 is 3.27. The Labute approximate surface area is 85.5 Å². The standard InChI is InChI=1S/C10H9BrFN/c1-2-6-13-7-8-9(11)4-3-5-10(8)12/h1,3-5,13H,6-7H2. The van der Waals surface area contributed by atoms with Crippen molar-refractivity contribution in [1.29, 1.82) is 0 Å². The van der Waals surface area contributed by atoms with Gasteiger partial charge in [0, 0.05) is 16.6 Å². The Hall–Kier alpha value is -0.850. The van der Waals surface area contributed by atoms with Crippen molar-refractivity contribution in [3.05, 3.63) is 34.1 Å². The maximum atomic E-state index is 13.2. The molecule has 0 aliphatic rings. The number of rotatable bonds is 3. The Balaban J connectivity index is 2.71. The molecule has 0 bridgehead atoms. The van der Waals surface area contributed by atoms with Gasteiger partial charge < -0.3 is 5.32 Å². The van der Waals surface area contributed by atoms with Gasteiger partial charge in [-0.25, -0.2) is 4.39 Å². The quantitative estimate of drug-likeness (QED) is 0.633. The number of terminal acetylenes is 1. The molecule has 0 radical (unpaired) electrons. The highest BCUT2D eigenvalue weighted by Crippen LogP contribution is 2.18. The topological polar surface area (TPSA) is 12.0 Å². The van der Waals surface area contributed by atoms with E-state index in [1.165, 1.54) is 6.07 Å². The Kier molecular flexibility index (Phi) is 3.94. The minimum absolute atomic E-state index is 0.223. The van der Waals surface area contributed by atoms with E-state index < -0.39 is 0 Å². The van der Waals surface area contributed by atoms with Gasteiger partial charge in [-0.05, 0) is 12.1 Å². The summed E-state index contributed by atoms with van der Waals surface area (Å²) < 4.78 is 13.9. The largest absolute Gasteiger partial charge is 0.302 e. The van der Waals surface area contributed by atoms with Crippen LogP contribution in [0.3, 0.4) is 0 Å². The fourth-order valence-electron chi connectivity index (χ4n) is 0.961. The van der Waals surface area contributed by atoms with Crippen LogP contribution in [0.15, 0.2) is 22.7 Å². The molecule has 1 nitrogen and oxygen atoms in total. The van der Waals surface area contributed by atoms with Crippen LogP contribution in [0.5, 0.6) is 0 Å². The average molecular weight is 242 g/mol. The third-order valence-corrected chi connectivity index (χ3v) is 2.33. The molecular formula is C10H9BrFN. The summed E-state index contributed by atoms with van der Waals surface area (Å²) in [6.45, 7) is 0.887. The summed E-state index contributed by atoms with van der Waals surface area (Å²) in [4.78, 5) is 0. The van der Waals surface area contributed by atoms with Gasteiger partial charge in [0.1, 0.15) is 5.82 Å². The van der Waals surface area contributed by atoms with Crippen molar-refractivity contribution < 1.29 is 4.39 Å². The molecule has 0 amide bonds.